The Bertz CT molecular complexity index is 717. The summed E-state index contributed by atoms with van der Waals surface area (Å²) in [5.74, 6) is 1.21. The van der Waals surface area contributed by atoms with Crippen molar-refractivity contribution in [3.05, 3.63) is 48.5 Å². The van der Waals surface area contributed by atoms with Crippen molar-refractivity contribution in [1.82, 2.24) is 5.32 Å². The fourth-order valence-electron chi connectivity index (χ4n) is 2.04. The molecule has 0 unspecified atom stereocenters. The van der Waals surface area contributed by atoms with Crippen molar-refractivity contribution in [3.8, 4) is 11.5 Å². The molecule has 0 heterocycles. The van der Waals surface area contributed by atoms with Crippen LogP contribution in [0.1, 0.15) is 13.8 Å². The number of benzene rings is 2. The van der Waals surface area contributed by atoms with E-state index in [1.165, 1.54) is 6.92 Å². The summed E-state index contributed by atoms with van der Waals surface area (Å²) in [5, 5.41) is 7.91. The van der Waals surface area contributed by atoms with Gasteiger partial charge in [-0.15, -0.1) is 0 Å². The van der Waals surface area contributed by atoms with E-state index in [0.29, 0.717) is 23.7 Å². The van der Waals surface area contributed by atoms with E-state index in [4.69, 9.17) is 9.47 Å². The molecule has 0 aliphatic rings. The molecule has 7 nitrogen and oxygen atoms in total. The third-order valence-corrected chi connectivity index (χ3v) is 3.05. The molecule has 7 heteroatoms. The molecular formula is C18H21N3O4. The fourth-order valence-corrected chi connectivity index (χ4v) is 2.04. The second-order valence-electron chi connectivity index (χ2n) is 5.09. The maximum atomic E-state index is 11.9. The van der Waals surface area contributed by atoms with Crippen LogP contribution in [-0.4, -0.2) is 25.3 Å². The number of rotatable bonds is 7. The van der Waals surface area contributed by atoms with Crippen LogP contribution in [-0.2, 0) is 4.79 Å². The molecule has 3 N–H and O–H groups in total. The number of amides is 3. The van der Waals surface area contributed by atoms with Gasteiger partial charge >= 0.3 is 6.03 Å². The maximum absolute atomic E-state index is 11.9. The molecule has 0 fully saturated rings. The molecule has 2 aromatic rings. The molecule has 25 heavy (non-hydrogen) atoms. The third kappa shape index (κ3) is 6.42. The summed E-state index contributed by atoms with van der Waals surface area (Å²) in [4.78, 5) is 22.9. The Hall–Kier alpha value is -3.22. The zero-order valence-corrected chi connectivity index (χ0v) is 14.2. The molecule has 0 aliphatic heterocycles. The van der Waals surface area contributed by atoms with Crippen LogP contribution in [0.25, 0.3) is 0 Å². The summed E-state index contributed by atoms with van der Waals surface area (Å²) in [6.07, 6.45) is 0. The zero-order valence-electron chi connectivity index (χ0n) is 14.2. The van der Waals surface area contributed by atoms with Crippen LogP contribution in [0, 0.1) is 0 Å². The third-order valence-electron chi connectivity index (χ3n) is 3.05. The highest BCUT2D eigenvalue weighted by Crippen LogP contribution is 2.17. The summed E-state index contributed by atoms with van der Waals surface area (Å²) in [7, 11) is 0. The van der Waals surface area contributed by atoms with Crippen molar-refractivity contribution in [1.29, 1.82) is 0 Å². The monoisotopic (exact) mass is 343 g/mol. The standard InChI is InChI=1S/C18H21N3O4/c1-3-24-16-7-9-17(10-8-16)25-12-19-18(23)21-15-6-4-5-14(11-15)20-13(2)22/h4-11H,3,12H2,1-2H3,(H,20,22)(H2,19,21,23). The average Bonchev–Trinajstić information content (AvgIpc) is 2.56. The van der Waals surface area contributed by atoms with Crippen molar-refractivity contribution in [2.45, 2.75) is 13.8 Å². The Labute approximate surface area is 146 Å². The number of urea groups is 1. The Kier molecular flexibility index (Phi) is 6.65. The first kappa shape index (κ1) is 18.1. The summed E-state index contributed by atoms with van der Waals surface area (Å²) >= 11 is 0. The molecule has 0 saturated heterocycles. The number of hydrogen-bond donors (Lipinski definition) is 3. The summed E-state index contributed by atoms with van der Waals surface area (Å²) in [6.45, 7) is 3.96. The molecule has 2 rings (SSSR count). The fraction of sp³-hybridized carbons (Fsp3) is 0.222. The van der Waals surface area contributed by atoms with Crippen molar-refractivity contribution in [2.24, 2.45) is 0 Å². The number of carbonyl (C=O) groups is 2. The Morgan fingerprint density at radius 3 is 2.12 bits per heavy atom. The van der Waals surface area contributed by atoms with Gasteiger partial charge in [0.05, 0.1) is 6.61 Å². The lowest BCUT2D eigenvalue weighted by molar-refractivity contribution is -0.114. The van der Waals surface area contributed by atoms with Crippen LogP contribution in [0.2, 0.25) is 0 Å². The first-order valence-electron chi connectivity index (χ1n) is 7.85. The van der Waals surface area contributed by atoms with Gasteiger partial charge in [0.1, 0.15) is 11.5 Å². The largest absolute Gasteiger partial charge is 0.494 e. The van der Waals surface area contributed by atoms with Crippen LogP contribution in [0.3, 0.4) is 0 Å². The smallest absolute Gasteiger partial charge is 0.321 e. The van der Waals surface area contributed by atoms with Crippen LogP contribution < -0.4 is 25.4 Å². The molecule has 0 aliphatic carbocycles. The van der Waals surface area contributed by atoms with Gasteiger partial charge in [0, 0.05) is 18.3 Å². The summed E-state index contributed by atoms with van der Waals surface area (Å²) in [6, 6.07) is 13.6. The number of nitrogens with one attached hydrogen (secondary N) is 3. The number of carbonyl (C=O) groups excluding carboxylic acids is 2. The van der Waals surface area contributed by atoms with Crippen molar-refractivity contribution >= 4 is 23.3 Å². The Morgan fingerprint density at radius 2 is 1.52 bits per heavy atom. The average molecular weight is 343 g/mol. The van der Waals surface area contributed by atoms with Crippen LogP contribution in [0.15, 0.2) is 48.5 Å². The normalized spacial score (nSPS) is 9.84. The van der Waals surface area contributed by atoms with Gasteiger partial charge in [-0.05, 0) is 49.4 Å². The number of ether oxygens (including phenoxy) is 2. The topological polar surface area (TPSA) is 88.7 Å². The molecule has 132 valence electrons. The van der Waals surface area contributed by atoms with E-state index in [1.807, 2.05) is 6.92 Å². The predicted molar refractivity (Wildman–Crippen MR) is 96.0 cm³/mol. The van der Waals surface area contributed by atoms with Gasteiger partial charge in [0.2, 0.25) is 5.91 Å². The lowest BCUT2D eigenvalue weighted by Gasteiger charge is -2.11. The maximum Gasteiger partial charge on any atom is 0.321 e. The quantitative estimate of drug-likeness (QED) is 0.674. The second-order valence-corrected chi connectivity index (χ2v) is 5.09. The van der Waals surface area contributed by atoms with Gasteiger partial charge in [-0.25, -0.2) is 4.79 Å². The van der Waals surface area contributed by atoms with E-state index in [0.717, 1.165) is 5.75 Å². The van der Waals surface area contributed by atoms with E-state index in [1.54, 1.807) is 48.5 Å². The van der Waals surface area contributed by atoms with Crippen molar-refractivity contribution in [3.63, 3.8) is 0 Å². The minimum absolute atomic E-state index is 0.0190. The number of anilines is 2. The molecule has 0 atom stereocenters. The van der Waals surface area contributed by atoms with E-state index in [-0.39, 0.29) is 12.6 Å². The van der Waals surface area contributed by atoms with Crippen LogP contribution in [0.4, 0.5) is 16.2 Å². The Morgan fingerprint density at radius 1 is 0.920 bits per heavy atom. The molecule has 0 bridgehead atoms. The van der Waals surface area contributed by atoms with Crippen molar-refractivity contribution < 1.29 is 19.1 Å². The molecule has 2 aromatic carbocycles. The first-order valence-corrected chi connectivity index (χ1v) is 7.85. The summed E-state index contributed by atoms with van der Waals surface area (Å²) in [5.41, 5.74) is 1.17. The van der Waals surface area contributed by atoms with Gasteiger partial charge in [0.15, 0.2) is 6.73 Å². The minimum atomic E-state index is -0.411. The summed E-state index contributed by atoms with van der Waals surface area (Å²) < 4.78 is 10.8. The molecule has 3 amide bonds. The predicted octanol–water partition coefficient (Wildman–Crippen LogP) is 3.20. The van der Waals surface area contributed by atoms with Crippen molar-refractivity contribution in [2.75, 3.05) is 24.0 Å². The zero-order chi connectivity index (χ0) is 18.1. The lowest BCUT2D eigenvalue weighted by atomic mass is 10.3. The minimum Gasteiger partial charge on any atom is -0.494 e. The molecule has 0 spiro atoms. The van der Waals surface area contributed by atoms with Gasteiger partial charge < -0.3 is 25.4 Å². The highest BCUT2D eigenvalue weighted by atomic mass is 16.5. The van der Waals surface area contributed by atoms with Gasteiger partial charge in [-0.2, -0.15) is 0 Å². The molecule has 0 aromatic heterocycles. The Balaban J connectivity index is 1.77. The molecule has 0 radical (unpaired) electrons. The van der Waals surface area contributed by atoms with E-state index in [9.17, 15) is 9.59 Å². The second kappa shape index (κ2) is 9.17. The molecule has 0 saturated carbocycles. The van der Waals surface area contributed by atoms with E-state index < -0.39 is 6.03 Å². The van der Waals surface area contributed by atoms with Crippen LogP contribution in [0.5, 0.6) is 11.5 Å². The van der Waals surface area contributed by atoms with E-state index in [2.05, 4.69) is 16.0 Å². The van der Waals surface area contributed by atoms with Gasteiger partial charge in [0.25, 0.3) is 0 Å². The molecular weight excluding hydrogens is 322 g/mol. The highest BCUT2D eigenvalue weighted by Gasteiger charge is 2.03. The van der Waals surface area contributed by atoms with Gasteiger partial charge in [-0.3, -0.25) is 4.79 Å². The van der Waals surface area contributed by atoms with E-state index >= 15 is 0 Å². The van der Waals surface area contributed by atoms with Crippen LogP contribution >= 0.6 is 0 Å². The number of hydrogen-bond acceptors (Lipinski definition) is 4. The SMILES string of the molecule is CCOc1ccc(OCNC(=O)Nc2cccc(NC(C)=O)c2)cc1. The first-order chi connectivity index (χ1) is 12.1. The highest BCUT2D eigenvalue weighted by molar-refractivity contribution is 5.92. The van der Waals surface area contributed by atoms with Gasteiger partial charge in [-0.1, -0.05) is 6.07 Å². The lowest BCUT2D eigenvalue weighted by Crippen LogP contribution is -2.32.